The Morgan fingerprint density at radius 1 is 1.19 bits per heavy atom. The maximum Gasteiger partial charge on any atom is 0.157 e. The van der Waals surface area contributed by atoms with E-state index in [4.69, 9.17) is 9.47 Å². The van der Waals surface area contributed by atoms with Gasteiger partial charge in [-0.05, 0) is 51.9 Å². The van der Waals surface area contributed by atoms with Crippen LogP contribution in [0.1, 0.15) is 51.9 Å². The summed E-state index contributed by atoms with van der Waals surface area (Å²) in [5.41, 5.74) is 0.988. The highest BCUT2D eigenvalue weighted by Crippen LogP contribution is 2.40. The molecule has 120 valence electrons. The number of hydrogen-bond donors (Lipinski definition) is 0. The quantitative estimate of drug-likeness (QED) is 0.794. The van der Waals surface area contributed by atoms with Crippen molar-refractivity contribution in [1.82, 2.24) is 4.90 Å². The standard InChI is InChI=1S/C17H28FNO2/c1-12(2)19-10-5-6-13-15(9-8-14(18)17(13)19)21-16-7-3-4-11-20-16/h13-17H,1,3-11H2,2H3. The molecule has 1 aliphatic carbocycles. The zero-order valence-corrected chi connectivity index (χ0v) is 13.1. The minimum atomic E-state index is -0.751. The van der Waals surface area contributed by atoms with Crippen LogP contribution in [0, 0.1) is 5.92 Å². The van der Waals surface area contributed by atoms with Crippen LogP contribution in [-0.4, -0.2) is 42.7 Å². The van der Waals surface area contributed by atoms with E-state index in [0.717, 1.165) is 51.0 Å². The number of alkyl halides is 1. The van der Waals surface area contributed by atoms with Gasteiger partial charge >= 0.3 is 0 Å². The van der Waals surface area contributed by atoms with Crippen LogP contribution in [0.3, 0.4) is 0 Å². The number of fused-ring (bicyclic) bond motifs is 1. The minimum Gasteiger partial charge on any atom is -0.369 e. The number of ether oxygens (including phenoxy) is 2. The maximum absolute atomic E-state index is 14.5. The fourth-order valence-corrected chi connectivity index (χ4v) is 4.25. The smallest absolute Gasteiger partial charge is 0.157 e. The van der Waals surface area contributed by atoms with E-state index in [-0.39, 0.29) is 24.4 Å². The number of rotatable bonds is 3. The van der Waals surface area contributed by atoms with E-state index in [2.05, 4.69) is 11.5 Å². The lowest BCUT2D eigenvalue weighted by Crippen LogP contribution is -2.56. The Morgan fingerprint density at radius 3 is 2.76 bits per heavy atom. The van der Waals surface area contributed by atoms with E-state index in [9.17, 15) is 4.39 Å². The van der Waals surface area contributed by atoms with Crippen LogP contribution in [0.5, 0.6) is 0 Å². The van der Waals surface area contributed by atoms with Crippen LogP contribution in [0.4, 0.5) is 4.39 Å². The molecule has 3 rings (SSSR count). The van der Waals surface area contributed by atoms with Gasteiger partial charge in [0.25, 0.3) is 0 Å². The van der Waals surface area contributed by atoms with Crippen molar-refractivity contribution in [2.75, 3.05) is 13.2 Å². The second-order valence-electron chi connectivity index (χ2n) is 6.79. The summed E-state index contributed by atoms with van der Waals surface area (Å²) in [6.07, 6.45) is 6.21. The molecule has 2 aliphatic heterocycles. The third-order valence-corrected chi connectivity index (χ3v) is 5.26. The van der Waals surface area contributed by atoms with Crippen molar-refractivity contribution in [3.63, 3.8) is 0 Å². The van der Waals surface area contributed by atoms with Gasteiger partial charge in [0.05, 0.1) is 12.1 Å². The fourth-order valence-electron chi connectivity index (χ4n) is 4.25. The van der Waals surface area contributed by atoms with E-state index in [0.29, 0.717) is 6.42 Å². The van der Waals surface area contributed by atoms with Gasteiger partial charge in [-0.1, -0.05) is 6.58 Å². The number of nitrogens with zero attached hydrogens (tertiary/aromatic N) is 1. The molecule has 1 saturated carbocycles. The molecule has 0 spiro atoms. The molecular weight excluding hydrogens is 269 g/mol. The summed E-state index contributed by atoms with van der Waals surface area (Å²) >= 11 is 0. The maximum atomic E-state index is 14.5. The molecule has 3 fully saturated rings. The van der Waals surface area contributed by atoms with Crippen molar-refractivity contribution in [2.24, 2.45) is 5.92 Å². The third kappa shape index (κ3) is 3.26. The van der Waals surface area contributed by atoms with Crippen LogP contribution < -0.4 is 0 Å². The van der Waals surface area contributed by atoms with E-state index in [1.807, 2.05) is 6.92 Å². The van der Waals surface area contributed by atoms with E-state index in [1.165, 1.54) is 6.42 Å². The summed E-state index contributed by atoms with van der Waals surface area (Å²) in [4.78, 5) is 2.18. The van der Waals surface area contributed by atoms with Gasteiger partial charge < -0.3 is 14.4 Å². The molecule has 0 aromatic carbocycles. The molecule has 5 unspecified atom stereocenters. The van der Waals surface area contributed by atoms with Gasteiger partial charge in [0.1, 0.15) is 6.17 Å². The molecule has 0 amide bonds. The summed E-state index contributed by atoms with van der Waals surface area (Å²) in [6, 6.07) is -0.0430. The lowest BCUT2D eigenvalue weighted by Gasteiger charge is -2.50. The first-order valence-electron chi connectivity index (χ1n) is 8.50. The van der Waals surface area contributed by atoms with Crippen molar-refractivity contribution in [2.45, 2.75) is 76.5 Å². The van der Waals surface area contributed by atoms with Crippen LogP contribution in [0.25, 0.3) is 0 Å². The molecule has 5 atom stereocenters. The SMILES string of the molecule is C=C(C)N1CCCC2C(OC3CCCCO3)CCC(F)C21. The Balaban J connectivity index is 1.69. The average molecular weight is 297 g/mol. The first-order chi connectivity index (χ1) is 10.2. The highest BCUT2D eigenvalue weighted by molar-refractivity contribution is 5.04. The lowest BCUT2D eigenvalue weighted by atomic mass is 9.75. The highest BCUT2D eigenvalue weighted by Gasteiger charge is 2.45. The van der Waals surface area contributed by atoms with Crippen LogP contribution in [0.2, 0.25) is 0 Å². The van der Waals surface area contributed by atoms with Crippen molar-refractivity contribution in [1.29, 1.82) is 0 Å². The predicted octanol–water partition coefficient (Wildman–Crippen LogP) is 3.64. The molecule has 3 aliphatic rings. The van der Waals surface area contributed by atoms with Crippen molar-refractivity contribution >= 4 is 0 Å². The zero-order chi connectivity index (χ0) is 14.8. The Morgan fingerprint density at radius 2 is 2.05 bits per heavy atom. The van der Waals surface area contributed by atoms with Gasteiger partial charge in [-0.15, -0.1) is 0 Å². The molecule has 0 radical (unpaired) electrons. The van der Waals surface area contributed by atoms with Crippen molar-refractivity contribution in [3.05, 3.63) is 12.3 Å². The van der Waals surface area contributed by atoms with E-state index in [1.54, 1.807) is 0 Å². The normalized spacial score (nSPS) is 40.7. The van der Waals surface area contributed by atoms with Crippen LogP contribution in [-0.2, 0) is 9.47 Å². The monoisotopic (exact) mass is 297 g/mol. The average Bonchev–Trinajstić information content (AvgIpc) is 2.50. The van der Waals surface area contributed by atoms with Crippen molar-refractivity contribution in [3.8, 4) is 0 Å². The van der Waals surface area contributed by atoms with Gasteiger partial charge in [0, 0.05) is 24.8 Å². The first kappa shape index (κ1) is 15.3. The largest absolute Gasteiger partial charge is 0.369 e. The molecule has 2 saturated heterocycles. The number of piperidine rings is 1. The van der Waals surface area contributed by atoms with Gasteiger partial charge in [0.2, 0.25) is 0 Å². The summed E-state index contributed by atoms with van der Waals surface area (Å²) in [7, 11) is 0. The highest BCUT2D eigenvalue weighted by atomic mass is 19.1. The van der Waals surface area contributed by atoms with Crippen LogP contribution in [0.15, 0.2) is 12.3 Å². The van der Waals surface area contributed by atoms with Gasteiger partial charge in [-0.2, -0.15) is 0 Å². The Bertz CT molecular complexity index is 370. The molecule has 4 heteroatoms. The first-order valence-corrected chi connectivity index (χ1v) is 8.50. The number of hydrogen-bond acceptors (Lipinski definition) is 3. The minimum absolute atomic E-state index is 0.0430. The summed E-state index contributed by atoms with van der Waals surface area (Å²) in [5.74, 6) is 0.282. The molecule has 0 N–H and O–H groups in total. The number of halogens is 1. The lowest BCUT2D eigenvalue weighted by molar-refractivity contribution is -0.216. The van der Waals surface area contributed by atoms with Gasteiger partial charge in [-0.3, -0.25) is 0 Å². The molecule has 3 nitrogen and oxygen atoms in total. The number of likely N-dealkylation sites (tertiary alicyclic amines) is 1. The van der Waals surface area contributed by atoms with Crippen molar-refractivity contribution < 1.29 is 13.9 Å². The Hall–Kier alpha value is -0.610. The Kier molecular flexibility index (Phi) is 4.85. The zero-order valence-electron chi connectivity index (χ0n) is 13.1. The van der Waals surface area contributed by atoms with E-state index < -0.39 is 6.17 Å². The van der Waals surface area contributed by atoms with Gasteiger partial charge in [-0.25, -0.2) is 4.39 Å². The molecule has 0 aromatic rings. The predicted molar refractivity (Wildman–Crippen MR) is 80.6 cm³/mol. The second-order valence-corrected chi connectivity index (χ2v) is 6.79. The molecule has 21 heavy (non-hydrogen) atoms. The third-order valence-electron chi connectivity index (χ3n) is 5.26. The molecule has 2 heterocycles. The summed E-state index contributed by atoms with van der Waals surface area (Å²) in [5, 5.41) is 0. The fraction of sp³-hybridized carbons (Fsp3) is 0.882. The topological polar surface area (TPSA) is 21.7 Å². The van der Waals surface area contributed by atoms with E-state index >= 15 is 0 Å². The van der Waals surface area contributed by atoms with Gasteiger partial charge in [0.15, 0.2) is 6.29 Å². The Labute approximate surface area is 127 Å². The summed E-state index contributed by atoms with van der Waals surface area (Å²) in [6.45, 7) is 7.76. The molecule has 0 bridgehead atoms. The molecule has 0 aromatic heterocycles. The second kappa shape index (κ2) is 6.66. The number of allylic oxidation sites excluding steroid dienone is 1. The molecular formula is C17H28FNO2. The van der Waals surface area contributed by atoms with Crippen LogP contribution >= 0.6 is 0 Å². The summed E-state index contributed by atoms with van der Waals surface area (Å²) < 4.78 is 26.5.